The van der Waals surface area contributed by atoms with E-state index in [0.717, 1.165) is 10.0 Å². The molecule has 0 radical (unpaired) electrons. The Morgan fingerprint density at radius 3 is 2.59 bits per heavy atom. The van der Waals surface area contributed by atoms with E-state index in [1.165, 1.54) is 28.8 Å². The number of non-ortho nitro benzene ring substituents is 1. The lowest BCUT2D eigenvalue weighted by molar-refractivity contribution is -0.384. The normalized spacial score (nSPS) is 11.0. The zero-order chi connectivity index (χ0) is 26.1. The first-order valence-corrected chi connectivity index (χ1v) is 12.0. The third kappa shape index (κ3) is 5.05. The Kier molecular flexibility index (Phi) is 6.40. The van der Waals surface area contributed by atoms with Crippen LogP contribution in [0, 0.1) is 17.0 Å². The van der Waals surface area contributed by atoms with Crippen LogP contribution >= 0.6 is 15.9 Å². The molecule has 0 saturated carbocycles. The third-order valence-corrected chi connectivity index (χ3v) is 6.07. The molecule has 2 aromatic carbocycles. The highest BCUT2D eigenvalue weighted by atomic mass is 79.9. The number of carbonyl (C=O) groups excluding carboxylic acids is 1. The van der Waals surface area contributed by atoms with E-state index in [1.807, 2.05) is 32.2 Å². The van der Waals surface area contributed by atoms with Gasteiger partial charge >= 0.3 is 0 Å². The lowest BCUT2D eigenvalue weighted by atomic mass is 10.2. The van der Waals surface area contributed by atoms with Gasteiger partial charge in [0.25, 0.3) is 11.6 Å². The van der Waals surface area contributed by atoms with Crippen molar-refractivity contribution in [1.29, 1.82) is 0 Å². The van der Waals surface area contributed by atoms with Gasteiger partial charge in [0.1, 0.15) is 17.2 Å². The van der Waals surface area contributed by atoms with E-state index < -0.39 is 10.8 Å². The summed E-state index contributed by atoms with van der Waals surface area (Å²) in [5.74, 6) is 0.166. The summed E-state index contributed by atoms with van der Waals surface area (Å²) < 4.78 is 9.88. The van der Waals surface area contributed by atoms with E-state index in [-0.39, 0.29) is 22.8 Å². The molecule has 0 unspecified atom stereocenters. The van der Waals surface area contributed by atoms with E-state index >= 15 is 0 Å². The van der Waals surface area contributed by atoms with E-state index in [4.69, 9.17) is 4.74 Å². The van der Waals surface area contributed by atoms with Gasteiger partial charge in [0.15, 0.2) is 11.3 Å². The number of nitrogens with one attached hydrogen (secondary N) is 1. The van der Waals surface area contributed by atoms with Crippen molar-refractivity contribution < 1.29 is 14.5 Å². The van der Waals surface area contributed by atoms with Crippen molar-refractivity contribution in [3.63, 3.8) is 0 Å². The number of fused-ring (bicyclic) bond motifs is 1. The van der Waals surface area contributed by atoms with Crippen LogP contribution < -0.4 is 10.1 Å². The largest absolute Gasteiger partial charge is 0.457 e. The molecule has 0 aliphatic carbocycles. The quantitative estimate of drug-likeness (QED) is 0.201. The third-order valence-electron chi connectivity index (χ3n) is 5.49. The molecular weight excluding hydrogens is 542 g/mol. The van der Waals surface area contributed by atoms with Crippen molar-refractivity contribution in [3.05, 3.63) is 92.8 Å². The van der Waals surface area contributed by atoms with Crippen molar-refractivity contribution >= 4 is 38.9 Å². The summed E-state index contributed by atoms with van der Waals surface area (Å²) in [6.07, 6.45) is 3.47. The van der Waals surface area contributed by atoms with Gasteiger partial charge in [-0.05, 0) is 48.0 Å². The molecule has 0 spiro atoms. The second-order valence-electron chi connectivity index (χ2n) is 8.15. The molecule has 0 atom stereocenters. The predicted molar refractivity (Wildman–Crippen MR) is 140 cm³/mol. The van der Waals surface area contributed by atoms with Crippen molar-refractivity contribution in [1.82, 2.24) is 24.4 Å². The number of rotatable bonds is 7. The van der Waals surface area contributed by atoms with Crippen LogP contribution in [0.5, 0.6) is 11.5 Å². The van der Waals surface area contributed by atoms with Gasteiger partial charge in [-0.2, -0.15) is 10.2 Å². The summed E-state index contributed by atoms with van der Waals surface area (Å²) in [5, 5.41) is 23.2. The number of aromatic nitrogens is 5. The average molecular weight is 562 g/mol. The number of aryl methyl sites for hydroxylation is 2. The first kappa shape index (κ1) is 24.1. The Morgan fingerprint density at radius 2 is 1.89 bits per heavy atom. The molecule has 3 heterocycles. The maximum atomic E-state index is 13.1. The molecule has 0 aliphatic rings. The van der Waals surface area contributed by atoms with Gasteiger partial charge in [0, 0.05) is 37.1 Å². The van der Waals surface area contributed by atoms with Gasteiger partial charge in [-0.25, -0.2) is 9.50 Å². The minimum Gasteiger partial charge on any atom is -0.457 e. The molecule has 0 fully saturated rings. The van der Waals surface area contributed by atoms with Crippen molar-refractivity contribution in [3.8, 4) is 22.9 Å². The average Bonchev–Trinajstić information content (AvgIpc) is 3.48. The van der Waals surface area contributed by atoms with Crippen LogP contribution in [0.25, 0.3) is 17.0 Å². The lowest BCUT2D eigenvalue weighted by Crippen LogP contribution is -2.13. The molecule has 1 amide bonds. The van der Waals surface area contributed by atoms with Crippen molar-refractivity contribution in [2.24, 2.45) is 0 Å². The number of halogens is 1. The van der Waals surface area contributed by atoms with Gasteiger partial charge in [-0.1, -0.05) is 17.7 Å². The van der Waals surface area contributed by atoms with Crippen LogP contribution in [0.15, 0.2) is 71.5 Å². The second kappa shape index (κ2) is 9.82. The van der Waals surface area contributed by atoms with Gasteiger partial charge in [-0.3, -0.25) is 19.6 Å². The number of hydrogen-bond acceptors (Lipinski definition) is 7. The van der Waals surface area contributed by atoms with E-state index in [2.05, 4.69) is 36.4 Å². The van der Waals surface area contributed by atoms with Crippen molar-refractivity contribution in [2.75, 3.05) is 5.32 Å². The number of hydrogen-bond donors (Lipinski definition) is 1. The number of nitrogens with zero attached hydrogens (tertiary/aromatic N) is 6. The second-order valence-corrected chi connectivity index (χ2v) is 9.01. The lowest BCUT2D eigenvalue weighted by Gasteiger charge is -2.09. The molecule has 0 aliphatic heterocycles. The summed E-state index contributed by atoms with van der Waals surface area (Å²) in [6.45, 7) is 4.62. The Bertz CT molecular complexity index is 1640. The van der Waals surface area contributed by atoms with Gasteiger partial charge in [0.05, 0.1) is 26.8 Å². The molecule has 0 saturated heterocycles. The number of ether oxygens (including phenoxy) is 1. The summed E-state index contributed by atoms with van der Waals surface area (Å²) in [6, 6.07) is 14.6. The Morgan fingerprint density at radius 1 is 1.11 bits per heavy atom. The van der Waals surface area contributed by atoms with Gasteiger partial charge < -0.3 is 10.1 Å². The molecule has 5 aromatic rings. The van der Waals surface area contributed by atoms with Crippen LogP contribution in [0.3, 0.4) is 0 Å². The summed E-state index contributed by atoms with van der Waals surface area (Å²) >= 11 is 3.52. The Hall–Kier alpha value is -4.58. The topological polar surface area (TPSA) is 129 Å². The maximum Gasteiger partial charge on any atom is 0.276 e. The predicted octanol–water partition coefficient (Wildman–Crippen LogP) is 5.64. The fourth-order valence-electron chi connectivity index (χ4n) is 3.68. The number of nitro groups is 1. The van der Waals surface area contributed by atoms with Crippen LogP contribution in [0.1, 0.15) is 23.0 Å². The van der Waals surface area contributed by atoms with Gasteiger partial charge in [0.2, 0.25) is 0 Å². The van der Waals surface area contributed by atoms with Gasteiger partial charge in [-0.15, -0.1) is 0 Å². The molecule has 1 N–H and O–H groups in total. The van der Waals surface area contributed by atoms with E-state index in [0.29, 0.717) is 29.3 Å². The molecule has 11 nitrogen and oxygen atoms in total. The number of benzene rings is 2. The molecule has 37 heavy (non-hydrogen) atoms. The number of nitro benzene ring substituents is 1. The maximum absolute atomic E-state index is 13.1. The molecule has 5 rings (SSSR count). The fourth-order valence-corrected chi connectivity index (χ4v) is 4.19. The number of anilines is 1. The zero-order valence-electron chi connectivity index (χ0n) is 19.8. The highest BCUT2D eigenvalue weighted by molar-refractivity contribution is 9.10. The van der Waals surface area contributed by atoms with E-state index in [9.17, 15) is 14.9 Å². The van der Waals surface area contributed by atoms with E-state index in [1.54, 1.807) is 29.1 Å². The summed E-state index contributed by atoms with van der Waals surface area (Å²) in [5.41, 5.74) is 2.84. The summed E-state index contributed by atoms with van der Waals surface area (Å²) in [4.78, 5) is 28.3. The highest BCUT2D eigenvalue weighted by Crippen LogP contribution is 2.31. The van der Waals surface area contributed by atoms with Crippen LogP contribution in [0.4, 0.5) is 11.4 Å². The first-order valence-electron chi connectivity index (χ1n) is 11.2. The SMILES string of the molecule is CCn1cc(Br)c(-c2ccnc3cc(C(=O)Nc4cc(Oc5ccc(C)cc5)cc([N+](=O)[O-])c4)nn23)n1. The Balaban J connectivity index is 1.45. The minimum absolute atomic E-state index is 0.0819. The van der Waals surface area contributed by atoms with Crippen LogP contribution in [-0.4, -0.2) is 35.2 Å². The molecule has 186 valence electrons. The molecular formula is C25H20BrN7O4. The fraction of sp³-hybridized carbons (Fsp3) is 0.120. The minimum atomic E-state index is -0.559. The smallest absolute Gasteiger partial charge is 0.276 e. The standard InChI is InChI=1S/C25H20BrN7O4/c1-3-31-14-20(26)24(30-31)22-8-9-27-23-13-21(29-32(22)23)25(34)28-16-10-17(33(35)36)12-19(11-16)37-18-6-4-15(2)5-7-18/h4-14H,3H2,1-2H3,(H,28,34). The zero-order valence-corrected chi connectivity index (χ0v) is 21.3. The Labute approximate surface area is 219 Å². The first-order chi connectivity index (χ1) is 17.8. The number of carbonyl (C=O) groups is 1. The molecule has 12 heteroatoms. The molecule has 0 bridgehead atoms. The summed E-state index contributed by atoms with van der Waals surface area (Å²) in [7, 11) is 0. The van der Waals surface area contributed by atoms with Crippen LogP contribution in [0.2, 0.25) is 0 Å². The van der Waals surface area contributed by atoms with Crippen LogP contribution in [-0.2, 0) is 6.54 Å². The monoisotopic (exact) mass is 561 g/mol. The van der Waals surface area contributed by atoms with Crippen molar-refractivity contribution in [2.45, 2.75) is 20.4 Å². The molecule has 3 aromatic heterocycles. The highest BCUT2D eigenvalue weighted by Gasteiger charge is 2.19. The number of amides is 1.